The zero-order valence-corrected chi connectivity index (χ0v) is 17.3. The predicted octanol–water partition coefficient (Wildman–Crippen LogP) is 1.79. The number of imidazole rings is 1. The minimum absolute atomic E-state index is 0.933. The van der Waals surface area contributed by atoms with E-state index >= 15 is 0 Å². The molecule has 0 bridgehead atoms. The van der Waals surface area contributed by atoms with Crippen molar-refractivity contribution in [3.63, 3.8) is 0 Å². The van der Waals surface area contributed by atoms with Crippen LogP contribution in [0.25, 0.3) is 0 Å². The number of nitrogens with one attached hydrogen (secondary N) is 2. The molecule has 1 saturated heterocycles. The predicted molar refractivity (Wildman–Crippen MR) is 115 cm³/mol. The summed E-state index contributed by atoms with van der Waals surface area (Å²) in [5.74, 6) is 0. The van der Waals surface area contributed by atoms with E-state index in [4.69, 9.17) is 0 Å². The molecule has 2 heterocycles. The van der Waals surface area contributed by atoms with Crippen LogP contribution in [0.4, 0.5) is 0 Å². The summed E-state index contributed by atoms with van der Waals surface area (Å²) in [7, 11) is 2.21. The average Bonchev–Trinajstić information content (AvgIpc) is 3.23. The average molecular weight is 385 g/mol. The minimum Gasteiger partial charge on any atom is -0.337 e. The SMILES string of the molecule is CN1CCN(CCCNCc2ccc(CNCCCn3ccnc3)cc2)CC1. The Morgan fingerprint density at radius 2 is 1.46 bits per heavy atom. The van der Waals surface area contributed by atoms with Crippen molar-refractivity contribution in [2.24, 2.45) is 0 Å². The number of nitrogens with zero attached hydrogens (tertiary/aromatic N) is 4. The van der Waals surface area contributed by atoms with Crippen molar-refractivity contribution in [3.05, 3.63) is 54.1 Å². The summed E-state index contributed by atoms with van der Waals surface area (Å²) in [6.45, 7) is 11.1. The summed E-state index contributed by atoms with van der Waals surface area (Å²) < 4.78 is 2.12. The number of likely N-dealkylation sites (N-methyl/N-ethyl adjacent to an activating group) is 1. The Labute approximate surface area is 169 Å². The molecule has 6 nitrogen and oxygen atoms in total. The summed E-state index contributed by atoms with van der Waals surface area (Å²) in [6, 6.07) is 8.97. The van der Waals surface area contributed by atoms with E-state index in [0.29, 0.717) is 0 Å². The third-order valence-electron chi connectivity index (χ3n) is 5.43. The highest BCUT2D eigenvalue weighted by atomic mass is 15.2. The molecule has 0 amide bonds. The maximum Gasteiger partial charge on any atom is 0.0945 e. The molecular weight excluding hydrogens is 348 g/mol. The van der Waals surface area contributed by atoms with Crippen molar-refractivity contribution in [2.75, 3.05) is 52.9 Å². The third kappa shape index (κ3) is 7.72. The van der Waals surface area contributed by atoms with Gasteiger partial charge in [0.2, 0.25) is 0 Å². The molecule has 1 fully saturated rings. The Morgan fingerprint density at radius 3 is 2.04 bits per heavy atom. The van der Waals surface area contributed by atoms with Crippen molar-refractivity contribution in [1.82, 2.24) is 30.0 Å². The number of aromatic nitrogens is 2. The normalized spacial score (nSPS) is 15.9. The molecule has 0 saturated carbocycles. The van der Waals surface area contributed by atoms with Gasteiger partial charge in [-0.1, -0.05) is 24.3 Å². The molecule has 0 radical (unpaired) electrons. The van der Waals surface area contributed by atoms with Gasteiger partial charge in [0.05, 0.1) is 6.33 Å². The van der Waals surface area contributed by atoms with Crippen LogP contribution in [0.15, 0.2) is 43.0 Å². The molecule has 1 aromatic carbocycles. The van der Waals surface area contributed by atoms with E-state index in [-0.39, 0.29) is 0 Å². The largest absolute Gasteiger partial charge is 0.337 e. The first-order valence-electron chi connectivity index (χ1n) is 10.7. The molecule has 154 valence electrons. The molecule has 1 aliphatic rings. The number of piperazine rings is 1. The maximum absolute atomic E-state index is 4.07. The molecule has 3 rings (SSSR count). The fourth-order valence-electron chi connectivity index (χ4n) is 3.55. The van der Waals surface area contributed by atoms with Gasteiger partial charge in [0.1, 0.15) is 0 Å². The lowest BCUT2D eigenvalue weighted by Gasteiger charge is -2.32. The summed E-state index contributed by atoms with van der Waals surface area (Å²) in [5.41, 5.74) is 2.71. The van der Waals surface area contributed by atoms with Gasteiger partial charge in [0.15, 0.2) is 0 Å². The molecular formula is C22H36N6. The van der Waals surface area contributed by atoms with Crippen molar-refractivity contribution >= 4 is 0 Å². The second-order valence-corrected chi connectivity index (χ2v) is 7.82. The lowest BCUT2D eigenvalue weighted by atomic mass is 10.1. The van der Waals surface area contributed by atoms with Gasteiger partial charge in [-0.15, -0.1) is 0 Å². The van der Waals surface area contributed by atoms with Gasteiger partial charge in [0, 0.05) is 58.2 Å². The van der Waals surface area contributed by atoms with Crippen LogP contribution in [0.2, 0.25) is 0 Å². The topological polar surface area (TPSA) is 48.4 Å². The molecule has 0 spiro atoms. The Morgan fingerprint density at radius 1 is 0.857 bits per heavy atom. The van der Waals surface area contributed by atoms with E-state index in [2.05, 4.69) is 61.3 Å². The fraction of sp³-hybridized carbons (Fsp3) is 0.591. The van der Waals surface area contributed by atoms with Gasteiger partial charge < -0.3 is 25.0 Å². The summed E-state index contributed by atoms with van der Waals surface area (Å²) in [4.78, 5) is 9.06. The highest BCUT2D eigenvalue weighted by Gasteiger charge is 2.12. The quantitative estimate of drug-likeness (QED) is 0.547. The molecule has 0 aliphatic carbocycles. The molecule has 0 atom stereocenters. The Balaban J connectivity index is 1.21. The van der Waals surface area contributed by atoms with Gasteiger partial charge in [0.25, 0.3) is 0 Å². The Kier molecular flexibility index (Phi) is 8.97. The lowest BCUT2D eigenvalue weighted by molar-refractivity contribution is 0.153. The number of hydrogen-bond donors (Lipinski definition) is 2. The van der Waals surface area contributed by atoms with Crippen molar-refractivity contribution in [2.45, 2.75) is 32.5 Å². The summed E-state index contributed by atoms with van der Waals surface area (Å²) in [5, 5.41) is 7.10. The van der Waals surface area contributed by atoms with E-state index in [0.717, 1.165) is 39.1 Å². The van der Waals surface area contributed by atoms with Gasteiger partial charge in [-0.3, -0.25) is 0 Å². The first kappa shape index (κ1) is 21.0. The highest BCUT2D eigenvalue weighted by molar-refractivity contribution is 5.22. The van der Waals surface area contributed by atoms with Crippen LogP contribution in [0.1, 0.15) is 24.0 Å². The summed E-state index contributed by atoms with van der Waals surface area (Å²) >= 11 is 0. The van der Waals surface area contributed by atoms with Gasteiger partial charge in [-0.05, 0) is 50.7 Å². The second-order valence-electron chi connectivity index (χ2n) is 7.82. The van der Waals surface area contributed by atoms with Crippen LogP contribution in [-0.4, -0.2) is 72.2 Å². The van der Waals surface area contributed by atoms with Gasteiger partial charge >= 0.3 is 0 Å². The number of hydrogen-bond acceptors (Lipinski definition) is 5. The van der Waals surface area contributed by atoms with E-state index in [1.807, 2.05) is 18.7 Å². The minimum atomic E-state index is 0.933. The molecule has 2 N–H and O–H groups in total. The van der Waals surface area contributed by atoms with Crippen LogP contribution in [0, 0.1) is 0 Å². The van der Waals surface area contributed by atoms with Crippen molar-refractivity contribution in [3.8, 4) is 0 Å². The molecule has 28 heavy (non-hydrogen) atoms. The number of aryl methyl sites for hydroxylation is 1. The van der Waals surface area contributed by atoms with Crippen LogP contribution in [-0.2, 0) is 19.6 Å². The van der Waals surface area contributed by atoms with Crippen LogP contribution >= 0.6 is 0 Å². The Hall–Kier alpha value is -1.73. The van der Waals surface area contributed by atoms with Crippen LogP contribution < -0.4 is 10.6 Å². The molecule has 6 heteroatoms. The van der Waals surface area contributed by atoms with Crippen molar-refractivity contribution in [1.29, 1.82) is 0 Å². The van der Waals surface area contributed by atoms with Gasteiger partial charge in [-0.25, -0.2) is 4.98 Å². The van der Waals surface area contributed by atoms with Crippen molar-refractivity contribution < 1.29 is 0 Å². The number of benzene rings is 1. The molecule has 0 unspecified atom stereocenters. The van der Waals surface area contributed by atoms with Crippen LogP contribution in [0.3, 0.4) is 0 Å². The first-order valence-corrected chi connectivity index (χ1v) is 10.7. The zero-order valence-electron chi connectivity index (χ0n) is 17.3. The second kappa shape index (κ2) is 12.0. The first-order chi connectivity index (χ1) is 13.8. The van der Waals surface area contributed by atoms with E-state index in [1.54, 1.807) is 0 Å². The maximum atomic E-state index is 4.07. The molecule has 1 aliphatic heterocycles. The van der Waals surface area contributed by atoms with E-state index in [9.17, 15) is 0 Å². The third-order valence-corrected chi connectivity index (χ3v) is 5.43. The lowest BCUT2D eigenvalue weighted by Crippen LogP contribution is -2.45. The van der Waals surface area contributed by atoms with E-state index < -0.39 is 0 Å². The standard InChI is InChI=1S/C22H36N6/c1-26-14-16-27(17-15-26)11-2-8-23-18-21-4-6-22(7-5-21)19-24-9-3-12-28-13-10-25-20-28/h4-7,10,13,20,23-24H,2-3,8-9,11-12,14-19H2,1H3. The molecule has 1 aromatic heterocycles. The highest BCUT2D eigenvalue weighted by Crippen LogP contribution is 2.05. The Bertz CT molecular complexity index is 632. The smallest absolute Gasteiger partial charge is 0.0945 e. The number of rotatable bonds is 12. The monoisotopic (exact) mass is 384 g/mol. The van der Waals surface area contributed by atoms with E-state index in [1.165, 1.54) is 50.3 Å². The van der Waals surface area contributed by atoms with Crippen LogP contribution in [0.5, 0.6) is 0 Å². The molecule has 2 aromatic rings. The zero-order chi connectivity index (χ0) is 19.4. The summed E-state index contributed by atoms with van der Waals surface area (Å²) in [6.07, 6.45) is 8.06. The fourth-order valence-corrected chi connectivity index (χ4v) is 3.55. The van der Waals surface area contributed by atoms with Gasteiger partial charge in [-0.2, -0.15) is 0 Å².